The highest BCUT2D eigenvalue weighted by atomic mass is 32.1. The number of fused-ring (bicyclic) bond motifs is 8. The normalized spacial score (nSPS) is 17.8. The van der Waals surface area contributed by atoms with Crippen molar-refractivity contribution in [1.82, 2.24) is 0 Å². The molecule has 4 aromatic carbocycles. The first-order valence-corrected chi connectivity index (χ1v) is 21.7. The van der Waals surface area contributed by atoms with Crippen LogP contribution in [-0.4, -0.2) is 68.8 Å². The SMILES string of the molecule is COc1cc2c(cc1OCC(C)(C)CC(C)(C)COc1cc3c(cc1OC)C(=O)N1c4ccc(NC(=O)CCC(C)(C)S)cc4CC1CN3)N=CC1Cc3ccccc3N1C2. The lowest BCUT2D eigenvalue weighted by molar-refractivity contribution is -0.116. The molecule has 12 heteroatoms. The van der Waals surface area contributed by atoms with Crippen LogP contribution in [0.4, 0.5) is 28.4 Å². The molecule has 0 saturated heterocycles. The maximum atomic E-state index is 14.2. The predicted molar refractivity (Wildman–Crippen MR) is 248 cm³/mol. The lowest BCUT2D eigenvalue weighted by Gasteiger charge is -2.35. The van der Waals surface area contributed by atoms with Gasteiger partial charge in [-0.1, -0.05) is 59.7 Å². The molecule has 322 valence electrons. The number of nitrogens with zero attached hydrogens (tertiary/aromatic N) is 3. The number of amides is 2. The molecular weight excluding hydrogens is 787 g/mol. The molecule has 2 atom stereocenters. The number of methoxy groups -OCH3 is 2. The van der Waals surface area contributed by atoms with Gasteiger partial charge in [-0.2, -0.15) is 12.6 Å². The maximum Gasteiger partial charge on any atom is 0.260 e. The van der Waals surface area contributed by atoms with Gasteiger partial charge in [0.15, 0.2) is 23.0 Å². The summed E-state index contributed by atoms with van der Waals surface area (Å²) in [5.41, 5.74) is 8.02. The van der Waals surface area contributed by atoms with E-state index >= 15 is 0 Å². The van der Waals surface area contributed by atoms with E-state index in [0.29, 0.717) is 73.3 Å². The van der Waals surface area contributed by atoms with Gasteiger partial charge in [0.05, 0.1) is 56.5 Å². The van der Waals surface area contributed by atoms with Crippen LogP contribution in [0.1, 0.15) is 87.9 Å². The van der Waals surface area contributed by atoms with Crippen molar-refractivity contribution >= 4 is 59.1 Å². The number of anilines is 4. The quantitative estimate of drug-likeness (QED) is 0.108. The van der Waals surface area contributed by atoms with E-state index in [1.807, 2.05) is 49.1 Å². The van der Waals surface area contributed by atoms with Crippen molar-refractivity contribution in [3.63, 3.8) is 0 Å². The molecule has 4 aliphatic heterocycles. The first-order valence-electron chi connectivity index (χ1n) is 21.3. The van der Waals surface area contributed by atoms with Crippen LogP contribution < -0.4 is 39.4 Å². The van der Waals surface area contributed by atoms with Gasteiger partial charge in [-0.05, 0) is 84.0 Å². The summed E-state index contributed by atoms with van der Waals surface area (Å²) < 4.78 is 24.5. The summed E-state index contributed by atoms with van der Waals surface area (Å²) in [6, 6.07) is 22.3. The van der Waals surface area contributed by atoms with E-state index in [9.17, 15) is 9.59 Å². The van der Waals surface area contributed by atoms with Crippen molar-refractivity contribution in [3.8, 4) is 23.0 Å². The first kappa shape index (κ1) is 42.3. The second-order valence-corrected chi connectivity index (χ2v) is 20.4. The molecule has 8 rings (SSSR count). The molecule has 0 bridgehead atoms. The standard InChI is InChI=1S/C49H59N5O6S/c1-47(2,28-59-43-22-37-32(20-41(43)57-7)26-53-34(24-50-37)18-30-11-9-10-12-39(30)53)27-48(3,4)29-60-44-23-38-36(21-42(44)58-8)46(56)54-35(25-51-38)19-31-17-33(13-14-40(31)54)52-45(55)15-16-49(5,6)61/h9-14,17,20-24,34-35,51,61H,15-16,18-19,25-29H2,1-8H3,(H,52,55). The molecule has 0 fully saturated rings. The number of carbonyl (C=O) groups is 2. The molecule has 0 aromatic heterocycles. The molecule has 2 N–H and O–H groups in total. The van der Waals surface area contributed by atoms with E-state index in [1.54, 1.807) is 20.3 Å². The Hall–Kier alpha value is -5.36. The highest BCUT2D eigenvalue weighted by Crippen LogP contribution is 2.44. The van der Waals surface area contributed by atoms with Gasteiger partial charge in [-0.3, -0.25) is 14.6 Å². The Morgan fingerprint density at radius 1 is 0.836 bits per heavy atom. The van der Waals surface area contributed by atoms with Crippen LogP contribution in [0.2, 0.25) is 0 Å². The van der Waals surface area contributed by atoms with Crippen LogP contribution in [0.25, 0.3) is 0 Å². The molecule has 2 unspecified atom stereocenters. The zero-order valence-corrected chi connectivity index (χ0v) is 37.6. The Bertz CT molecular complexity index is 2370. The van der Waals surface area contributed by atoms with Crippen molar-refractivity contribution in [2.45, 2.75) is 97.0 Å². The maximum absolute atomic E-state index is 14.2. The summed E-state index contributed by atoms with van der Waals surface area (Å²) >= 11 is 4.54. The van der Waals surface area contributed by atoms with Crippen molar-refractivity contribution in [2.24, 2.45) is 15.8 Å². The highest BCUT2D eigenvalue weighted by molar-refractivity contribution is 7.81. The Morgan fingerprint density at radius 3 is 2.26 bits per heavy atom. The summed E-state index contributed by atoms with van der Waals surface area (Å²) in [6.45, 7) is 15.0. The zero-order chi connectivity index (χ0) is 43.3. The van der Waals surface area contributed by atoms with Crippen molar-refractivity contribution in [3.05, 3.63) is 89.0 Å². The van der Waals surface area contributed by atoms with E-state index in [1.165, 1.54) is 11.3 Å². The summed E-state index contributed by atoms with van der Waals surface area (Å²) in [5, 5.41) is 6.55. The average molecular weight is 846 g/mol. The van der Waals surface area contributed by atoms with Crippen LogP contribution in [-0.2, 0) is 24.2 Å². The van der Waals surface area contributed by atoms with Gasteiger partial charge in [0.1, 0.15) is 0 Å². The number of thiol groups is 1. The molecule has 0 spiro atoms. The van der Waals surface area contributed by atoms with Crippen molar-refractivity contribution < 1.29 is 28.5 Å². The molecule has 4 heterocycles. The summed E-state index contributed by atoms with van der Waals surface area (Å²) in [6.07, 6.45) is 5.56. The molecule has 4 aliphatic rings. The molecule has 2 amide bonds. The average Bonchev–Trinajstić information content (AvgIpc) is 3.65. The Kier molecular flexibility index (Phi) is 11.4. The zero-order valence-electron chi connectivity index (χ0n) is 36.7. The van der Waals surface area contributed by atoms with Gasteiger partial charge in [0.2, 0.25) is 5.91 Å². The van der Waals surface area contributed by atoms with Crippen LogP contribution in [0, 0.1) is 10.8 Å². The lowest BCUT2D eigenvalue weighted by Crippen LogP contribution is -2.39. The predicted octanol–water partition coefficient (Wildman–Crippen LogP) is 9.68. The summed E-state index contributed by atoms with van der Waals surface area (Å²) in [7, 11) is 3.28. The van der Waals surface area contributed by atoms with E-state index in [-0.39, 0.29) is 39.5 Å². The van der Waals surface area contributed by atoms with Crippen LogP contribution in [0.15, 0.2) is 71.7 Å². The van der Waals surface area contributed by atoms with E-state index < -0.39 is 0 Å². The first-order chi connectivity index (χ1) is 29.0. The van der Waals surface area contributed by atoms with E-state index in [0.717, 1.165) is 47.6 Å². The minimum Gasteiger partial charge on any atom is -0.493 e. The fourth-order valence-corrected chi connectivity index (χ4v) is 9.53. The number of hydrogen-bond acceptors (Lipinski definition) is 10. The second kappa shape index (κ2) is 16.5. The fraction of sp³-hybridized carbons (Fsp3) is 0.449. The van der Waals surface area contributed by atoms with Crippen LogP contribution >= 0.6 is 12.6 Å². The molecule has 4 aromatic rings. The Balaban J connectivity index is 0.904. The van der Waals surface area contributed by atoms with E-state index in [4.69, 9.17) is 23.9 Å². The van der Waals surface area contributed by atoms with Crippen LogP contribution in [0.3, 0.4) is 0 Å². The molecule has 0 saturated carbocycles. The number of carbonyl (C=O) groups excluding carboxylic acids is 2. The van der Waals surface area contributed by atoms with Gasteiger partial charge in [-0.25, -0.2) is 0 Å². The van der Waals surface area contributed by atoms with E-state index in [2.05, 4.69) is 92.4 Å². The molecular formula is C49H59N5O6S. The monoisotopic (exact) mass is 845 g/mol. The number of rotatable bonds is 14. The molecule has 61 heavy (non-hydrogen) atoms. The third-order valence-electron chi connectivity index (χ3n) is 12.1. The minimum atomic E-state index is -0.244. The Morgan fingerprint density at radius 2 is 1.54 bits per heavy atom. The van der Waals surface area contributed by atoms with Gasteiger partial charge in [-0.15, -0.1) is 0 Å². The summed E-state index contributed by atoms with van der Waals surface area (Å²) in [5.74, 6) is 2.30. The van der Waals surface area contributed by atoms with Gasteiger partial charge >= 0.3 is 0 Å². The third kappa shape index (κ3) is 9.15. The molecule has 11 nitrogen and oxygen atoms in total. The van der Waals surface area contributed by atoms with Crippen LogP contribution in [0.5, 0.6) is 23.0 Å². The Labute approximate surface area is 365 Å². The van der Waals surface area contributed by atoms with Gasteiger partial charge in [0, 0.05) is 65.2 Å². The summed E-state index contributed by atoms with van der Waals surface area (Å²) in [4.78, 5) is 36.1. The number of ether oxygens (including phenoxy) is 4. The van der Waals surface area contributed by atoms with Gasteiger partial charge < -0.3 is 39.4 Å². The molecule has 0 radical (unpaired) electrons. The molecule has 0 aliphatic carbocycles. The fourth-order valence-electron chi connectivity index (χ4n) is 9.42. The number of aliphatic imine (C=N–C) groups is 1. The van der Waals surface area contributed by atoms with Crippen molar-refractivity contribution in [2.75, 3.05) is 54.4 Å². The number of hydrogen-bond donors (Lipinski definition) is 3. The topological polar surface area (TPSA) is 114 Å². The number of benzene rings is 4. The number of para-hydroxylation sites is 1. The van der Waals surface area contributed by atoms with Crippen molar-refractivity contribution in [1.29, 1.82) is 0 Å². The number of nitrogens with one attached hydrogen (secondary N) is 2. The highest BCUT2D eigenvalue weighted by Gasteiger charge is 2.39. The third-order valence-corrected chi connectivity index (χ3v) is 12.3. The minimum absolute atomic E-state index is 0.0478. The van der Waals surface area contributed by atoms with Gasteiger partial charge in [0.25, 0.3) is 5.91 Å². The lowest BCUT2D eigenvalue weighted by atomic mass is 9.76. The largest absolute Gasteiger partial charge is 0.493 e. The second-order valence-electron chi connectivity index (χ2n) is 19.2. The smallest absolute Gasteiger partial charge is 0.260 e.